The number of thioether (sulfide) groups is 1. The molecule has 0 unspecified atom stereocenters. The maximum absolute atomic E-state index is 12.3. The summed E-state index contributed by atoms with van der Waals surface area (Å²) < 4.78 is 1.04. The highest BCUT2D eigenvalue weighted by atomic mass is 79.9. The van der Waals surface area contributed by atoms with E-state index in [4.69, 9.17) is 0 Å². The van der Waals surface area contributed by atoms with E-state index < -0.39 is 0 Å². The Morgan fingerprint density at radius 1 is 1.08 bits per heavy atom. The van der Waals surface area contributed by atoms with Crippen molar-refractivity contribution in [1.29, 1.82) is 0 Å². The highest BCUT2D eigenvalue weighted by Gasteiger charge is 2.12. The number of nitrogens with one attached hydrogen (secondary N) is 2. The lowest BCUT2D eigenvalue weighted by Gasteiger charge is -2.11. The first kappa shape index (κ1) is 20.5. The van der Waals surface area contributed by atoms with Crippen LogP contribution in [-0.2, 0) is 10.5 Å². The van der Waals surface area contributed by atoms with Gasteiger partial charge >= 0.3 is 0 Å². The van der Waals surface area contributed by atoms with Gasteiger partial charge in [-0.2, -0.15) is 0 Å². The summed E-state index contributed by atoms with van der Waals surface area (Å²) >= 11 is 5.05. The normalized spacial score (nSPS) is 10.4. The van der Waals surface area contributed by atoms with Crippen molar-refractivity contribution in [2.45, 2.75) is 25.5 Å². The van der Waals surface area contributed by atoms with E-state index in [1.54, 1.807) is 18.2 Å². The molecule has 2 aromatic rings. The fourth-order valence-corrected chi connectivity index (χ4v) is 3.76. The molecule has 0 saturated heterocycles. The van der Waals surface area contributed by atoms with Gasteiger partial charge in [-0.1, -0.05) is 59.6 Å². The molecule has 0 bridgehead atoms. The Balaban J connectivity index is 1.88. The highest BCUT2D eigenvalue weighted by molar-refractivity contribution is 9.10. The van der Waals surface area contributed by atoms with Gasteiger partial charge in [-0.05, 0) is 30.2 Å². The Kier molecular flexibility index (Phi) is 8.71. The lowest BCUT2D eigenvalue weighted by molar-refractivity contribution is -0.113. The number of unbranched alkanes of at least 4 members (excludes halogenated alkanes) is 1. The standard InChI is InChI=1S/C20H23BrN2O2S/c1-2-3-12-22-20(25)16-9-5-7-11-18(16)23-19(24)14-26-13-15-8-4-6-10-17(15)21/h4-11H,2-3,12-14H2,1H3,(H,22,25)(H,23,24). The van der Waals surface area contributed by atoms with Crippen molar-refractivity contribution in [3.05, 3.63) is 64.1 Å². The van der Waals surface area contributed by atoms with E-state index in [2.05, 4.69) is 33.5 Å². The fraction of sp³-hybridized carbons (Fsp3) is 0.300. The van der Waals surface area contributed by atoms with E-state index in [9.17, 15) is 9.59 Å². The molecular formula is C20H23BrN2O2S. The molecule has 0 fully saturated rings. The molecule has 0 saturated carbocycles. The lowest BCUT2D eigenvalue weighted by Crippen LogP contribution is -2.26. The van der Waals surface area contributed by atoms with Gasteiger partial charge < -0.3 is 10.6 Å². The fourth-order valence-electron chi connectivity index (χ4n) is 2.32. The second kappa shape index (κ2) is 11.0. The van der Waals surface area contributed by atoms with Crippen LogP contribution < -0.4 is 10.6 Å². The summed E-state index contributed by atoms with van der Waals surface area (Å²) in [7, 11) is 0. The Labute approximate surface area is 167 Å². The first-order chi connectivity index (χ1) is 12.6. The van der Waals surface area contributed by atoms with Crippen LogP contribution >= 0.6 is 27.7 Å². The maximum atomic E-state index is 12.3. The van der Waals surface area contributed by atoms with Gasteiger partial charge in [-0.25, -0.2) is 0 Å². The van der Waals surface area contributed by atoms with Crippen LogP contribution in [0.2, 0.25) is 0 Å². The zero-order valence-electron chi connectivity index (χ0n) is 14.8. The van der Waals surface area contributed by atoms with Crippen molar-refractivity contribution in [3.63, 3.8) is 0 Å². The number of hydrogen-bond donors (Lipinski definition) is 2. The quantitative estimate of drug-likeness (QED) is 0.554. The van der Waals surface area contributed by atoms with Crippen molar-refractivity contribution in [2.75, 3.05) is 17.6 Å². The van der Waals surface area contributed by atoms with Gasteiger partial charge in [0.1, 0.15) is 0 Å². The molecule has 2 amide bonds. The van der Waals surface area contributed by atoms with E-state index in [0.717, 1.165) is 28.6 Å². The molecule has 0 aromatic heterocycles. The topological polar surface area (TPSA) is 58.2 Å². The van der Waals surface area contributed by atoms with Gasteiger partial charge in [0.05, 0.1) is 17.0 Å². The third-order valence-electron chi connectivity index (χ3n) is 3.71. The number of benzene rings is 2. The van der Waals surface area contributed by atoms with Crippen molar-refractivity contribution < 1.29 is 9.59 Å². The zero-order valence-corrected chi connectivity index (χ0v) is 17.2. The molecule has 6 heteroatoms. The predicted octanol–water partition coefficient (Wildman–Crippen LogP) is 4.85. The molecule has 0 spiro atoms. The molecule has 138 valence electrons. The van der Waals surface area contributed by atoms with Crippen LogP contribution in [0.5, 0.6) is 0 Å². The average molecular weight is 435 g/mol. The van der Waals surface area contributed by atoms with Gasteiger partial charge in [0.25, 0.3) is 5.91 Å². The second-order valence-corrected chi connectivity index (χ2v) is 7.63. The van der Waals surface area contributed by atoms with E-state index in [1.807, 2.05) is 30.3 Å². The minimum atomic E-state index is -0.157. The van der Waals surface area contributed by atoms with Crippen LogP contribution in [0, 0.1) is 0 Å². The molecule has 0 heterocycles. The molecule has 2 rings (SSSR count). The molecule has 0 radical (unpaired) electrons. The minimum absolute atomic E-state index is 0.115. The number of carbonyl (C=O) groups excluding carboxylic acids is 2. The van der Waals surface area contributed by atoms with Crippen molar-refractivity contribution in [2.24, 2.45) is 0 Å². The van der Waals surface area contributed by atoms with Crippen LogP contribution in [0.1, 0.15) is 35.7 Å². The highest BCUT2D eigenvalue weighted by Crippen LogP contribution is 2.22. The second-order valence-electron chi connectivity index (χ2n) is 5.79. The van der Waals surface area contributed by atoms with Crippen LogP contribution in [0.25, 0.3) is 0 Å². The number of amides is 2. The average Bonchev–Trinajstić information content (AvgIpc) is 2.64. The molecule has 2 N–H and O–H groups in total. The van der Waals surface area contributed by atoms with Gasteiger partial charge in [-0.15, -0.1) is 11.8 Å². The van der Waals surface area contributed by atoms with E-state index >= 15 is 0 Å². The number of para-hydroxylation sites is 1. The van der Waals surface area contributed by atoms with Crippen LogP contribution in [0.15, 0.2) is 53.0 Å². The summed E-state index contributed by atoms with van der Waals surface area (Å²) in [5, 5.41) is 5.73. The number of hydrogen-bond acceptors (Lipinski definition) is 3. The monoisotopic (exact) mass is 434 g/mol. The van der Waals surface area contributed by atoms with Crippen molar-refractivity contribution in [1.82, 2.24) is 5.32 Å². The summed E-state index contributed by atoms with van der Waals surface area (Å²) in [5.74, 6) is 0.798. The van der Waals surface area contributed by atoms with Gasteiger partial charge in [0.2, 0.25) is 5.91 Å². The summed E-state index contributed by atoms with van der Waals surface area (Å²) in [5.41, 5.74) is 2.20. The lowest BCUT2D eigenvalue weighted by atomic mass is 10.1. The molecule has 2 aromatic carbocycles. The maximum Gasteiger partial charge on any atom is 0.253 e. The SMILES string of the molecule is CCCCNC(=O)c1ccccc1NC(=O)CSCc1ccccc1Br. The van der Waals surface area contributed by atoms with E-state index in [-0.39, 0.29) is 11.8 Å². The number of carbonyl (C=O) groups is 2. The summed E-state index contributed by atoms with van der Waals surface area (Å²) in [6, 6.07) is 15.1. The van der Waals surface area contributed by atoms with E-state index in [1.165, 1.54) is 11.8 Å². The number of rotatable bonds is 9. The largest absolute Gasteiger partial charge is 0.352 e. The molecular weight excluding hydrogens is 412 g/mol. The Morgan fingerprint density at radius 3 is 2.58 bits per heavy atom. The Bertz CT molecular complexity index is 752. The predicted molar refractivity (Wildman–Crippen MR) is 113 cm³/mol. The summed E-state index contributed by atoms with van der Waals surface area (Å²) in [6.45, 7) is 2.71. The first-order valence-electron chi connectivity index (χ1n) is 8.60. The third-order valence-corrected chi connectivity index (χ3v) is 5.47. The van der Waals surface area contributed by atoms with Crippen molar-refractivity contribution in [3.8, 4) is 0 Å². The van der Waals surface area contributed by atoms with Crippen LogP contribution in [0.3, 0.4) is 0 Å². The molecule has 0 aliphatic rings. The molecule has 26 heavy (non-hydrogen) atoms. The minimum Gasteiger partial charge on any atom is -0.352 e. The Morgan fingerprint density at radius 2 is 1.81 bits per heavy atom. The van der Waals surface area contributed by atoms with Crippen molar-refractivity contribution >= 4 is 45.2 Å². The van der Waals surface area contributed by atoms with Gasteiger partial charge in [0.15, 0.2) is 0 Å². The number of anilines is 1. The first-order valence-corrected chi connectivity index (χ1v) is 10.5. The van der Waals surface area contributed by atoms with Gasteiger partial charge in [-0.3, -0.25) is 9.59 Å². The smallest absolute Gasteiger partial charge is 0.253 e. The molecule has 0 aliphatic carbocycles. The van der Waals surface area contributed by atoms with Crippen LogP contribution in [-0.4, -0.2) is 24.1 Å². The van der Waals surface area contributed by atoms with E-state index in [0.29, 0.717) is 23.5 Å². The van der Waals surface area contributed by atoms with Crippen LogP contribution in [0.4, 0.5) is 5.69 Å². The molecule has 0 atom stereocenters. The summed E-state index contributed by atoms with van der Waals surface area (Å²) in [6.07, 6.45) is 1.96. The molecule has 4 nitrogen and oxygen atoms in total. The number of halogens is 1. The summed E-state index contributed by atoms with van der Waals surface area (Å²) in [4.78, 5) is 24.5. The molecule has 0 aliphatic heterocycles. The zero-order chi connectivity index (χ0) is 18.8. The Hall–Kier alpha value is -1.79. The third kappa shape index (κ3) is 6.50. The van der Waals surface area contributed by atoms with Gasteiger partial charge in [0, 0.05) is 16.8 Å².